The number of hydrogen-bond acceptors (Lipinski definition) is 5. The van der Waals surface area contributed by atoms with E-state index in [0.29, 0.717) is 6.42 Å². The summed E-state index contributed by atoms with van der Waals surface area (Å²) in [4.78, 5) is 24.0. The summed E-state index contributed by atoms with van der Waals surface area (Å²) >= 11 is 0. The van der Waals surface area contributed by atoms with Crippen molar-refractivity contribution in [1.82, 2.24) is 15.3 Å². The Morgan fingerprint density at radius 3 is 2.85 bits per heavy atom. The van der Waals surface area contributed by atoms with Crippen molar-refractivity contribution in [2.24, 2.45) is 0 Å². The van der Waals surface area contributed by atoms with Crippen molar-refractivity contribution in [2.75, 3.05) is 31.2 Å². The molecule has 2 aromatic rings. The third-order valence-corrected chi connectivity index (χ3v) is 5.28. The van der Waals surface area contributed by atoms with Crippen LogP contribution < -0.4 is 10.2 Å². The molecule has 1 saturated heterocycles. The maximum absolute atomic E-state index is 12.4. The number of nitrogens with zero attached hydrogens (tertiary/aromatic N) is 3. The lowest BCUT2D eigenvalue weighted by Gasteiger charge is -2.29. The smallest absolute Gasteiger partial charge is 0.225 e. The van der Waals surface area contributed by atoms with Crippen molar-refractivity contribution >= 4 is 11.9 Å². The van der Waals surface area contributed by atoms with E-state index in [4.69, 9.17) is 9.72 Å². The van der Waals surface area contributed by atoms with E-state index < -0.39 is 0 Å². The van der Waals surface area contributed by atoms with Gasteiger partial charge in [0.15, 0.2) is 0 Å². The van der Waals surface area contributed by atoms with Crippen LogP contribution in [0.4, 0.5) is 5.95 Å². The Bertz CT molecular complexity index is 775. The Labute approximate surface area is 160 Å². The van der Waals surface area contributed by atoms with Gasteiger partial charge in [0, 0.05) is 31.3 Å². The average Bonchev–Trinajstić information content (AvgIpc) is 2.73. The highest BCUT2D eigenvalue weighted by Crippen LogP contribution is 2.29. The molecule has 1 aromatic carbocycles. The van der Waals surface area contributed by atoms with E-state index in [1.54, 1.807) is 0 Å². The van der Waals surface area contributed by atoms with E-state index in [0.717, 1.165) is 69.2 Å². The maximum atomic E-state index is 12.4. The fourth-order valence-electron chi connectivity index (χ4n) is 3.77. The summed E-state index contributed by atoms with van der Waals surface area (Å²) in [7, 11) is 0. The number of carbonyl (C=O) groups excluding carboxylic acids is 1. The molecule has 0 saturated carbocycles. The van der Waals surface area contributed by atoms with E-state index in [1.165, 1.54) is 5.56 Å². The molecule has 1 aromatic heterocycles. The lowest BCUT2D eigenvalue weighted by molar-refractivity contribution is -0.121. The third kappa shape index (κ3) is 4.45. The first-order valence-corrected chi connectivity index (χ1v) is 9.81. The first kappa shape index (κ1) is 17.9. The molecular weight excluding hydrogens is 340 g/mol. The first-order valence-electron chi connectivity index (χ1n) is 9.81. The monoisotopic (exact) mass is 366 g/mol. The molecule has 0 spiro atoms. The van der Waals surface area contributed by atoms with Crippen LogP contribution in [0.25, 0.3) is 0 Å². The molecule has 1 N–H and O–H groups in total. The number of hydrogen-bond donors (Lipinski definition) is 1. The number of nitrogens with one attached hydrogen (secondary N) is 1. The fraction of sp³-hybridized carbons (Fsp3) is 0.476. The van der Waals surface area contributed by atoms with E-state index in [-0.39, 0.29) is 11.9 Å². The highest BCUT2D eigenvalue weighted by atomic mass is 16.5. The van der Waals surface area contributed by atoms with Gasteiger partial charge in [0.1, 0.15) is 0 Å². The molecule has 2 aliphatic rings. The molecule has 6 nitrogen and oxygen atoms in total. The van der Waals surface area contributed by atoms with Crippen molar-refractivity contribution in [3.63, 3.8) is 0 Å². The molecule has 1 atom stereocenters. The number of fused-ring (bicyclic) bond motifs is 1. The summed E-state index contributed by atoms with van der Waals surface area (Å²) in [5, 5.41) is 3.19. The fourth-order valence-corrected chi connectivity index (χ4v) is 3.77. The van der Waals surface area contributed by atoms with Crippen LogP contribution in [-0.2, 0) is 22.4 Å². The van der Waals surface area contributed by atoms with Gasteiger partial charge in [-0.15, -0.1) is 0 Å². The Kier molecular flexibility index (Phi) is 5.63. The number of anilines is 1. The predicted molar refractivity (Wildman–Crippen MR) is 104 cm³/mol. The molecule has 1 aliphatic carbocycles. The Balaban J connectivity index is 1.39. The van der Waals surface area contributed by atoms with Gasteiger partial charge >= 0.3 is 0 Å². The number of amides is 1. The summed E-state index contributed by atoms with van der Waals surface area (Å²) < 4.78 is 5.40. The number of rotatable bonds is 5. The van der Waals surface area contributed by atoms with Crippen molar-refractivity contribution in [3.05, 3.63) is 53.3 Å². The summed E-state index contributed by atoms with van der Waals surface area (Å²) in [5.74, 6) is 0.877. The number of aryl methyl sites for hydroxylation is 2. The van der Waals surface area contributed by atoms with Crippen LogP contribution in [0.3, 0.4) is 0 Å². The van der Waals surface area contributed by atoms with Gasteiger partial charge in [0.2, 0.25) is 11.9 Å². The van der Waals surface area contributed by atoms with Gasteiger partial charge in [-0.25, -0.2) is 9.97 Å². The van der Waals surface area contributed by atoms with Crippen LogP contribution in [-0.4, -0.2) is 42.2 Å². The van der Waals surface area contributed by atoms with Crippen LogP contribution in [0.5, 0.6) is 0 Å². The Hall–Kier alpha value is -2.47. The Morgan fingerprint density at radius 1 is 1.22 bits per heavy atom. The van der Waals surface area contributed by atoms with Gasteiger partial charge in [0.25, 0.3) is 0 Å². The number of benzene rings is 1. The second kappa shape index (κ2) is 8.48. The van der Waals surface area contributed by atoms with Gasteiger partial charge in [-0.1, -0.05) is 30.3 Å². The van der Waals surface area contributed by atoms with E-state index >= 15 is 0 Å². The molecule has 27 heavy (non-hydrogen) atoms. The Morgan fingerprint density at radius 2 is 2.04 bits per heavy atom. The standard InChI is InChI=1S/C21H26N4O2/c26-20(10-9-16-5-2-1-3-6-16)23-18-7-4-8-19-17(18)15-22-21(24-19)25-11-13-27-14-12-25/h1-3,5-6,15,18H,4,7-14H2,(H,23,26)/t18-/m0/s1. The summed E-state index contributed by atoms with van der Waals surface area (Å²) in [5.41, 5.74) is 3.34. The normalized spacial score (nSPS) is 19.4. The minimum Gasteiger partial charge on any atom is -0.378 e. The number of carbonyl (C=O) groups is 1. The van der Waals surface area contributed by atoms with Gasteiger partial charge in [0.05, 0.1) is 24.9 Å². The predicted octanol–water partition coefficient (Wildman–Crippen LogP) is 2.44. The number of ether oxygens (including phenoxy) is 1. The van der Waals surface area contributed by atoms with Crippen LogP contribution in [0.15, 0.2) is 36.5 Å². The summed E-state index contributed by atoms with van der Waals surface area (Å²) in [6.07, 6.45) is 6.11. The molecule has 1 amide bonds. The lowest BCUT2D eigenvalue weighted by Crippen LogP contribution is -2.38. The van der Waals surface area contributed by atoms with Crippen LogP contribution in [0.1, 0.15) is 42.1 Å². The highest BCUT2D eigenvalue weighted by molar-refractivity contribution is 5.76. The van der Waals surface area contributed by atoms with Gasteiger partial charge < -0.3 is 15.0 Å². The van der Waals surface area contributed by atoms with E-state index in [9.17, 15) is 4.79 Å². The zero-order chi connectivity index (χ0) is 18.5. The van der Waals surface area contributed by atoms with Crippen LogP contribution in [0.2, 0.25) is 0 Å². The molecule has 2 heterocycles. The van der Waals surface area contributed by atoms with Crippen molar-refractivity contribution in [1.29, 1.82) is 0 Å². The van der Waals surface area contributed by atoms with E-state index in [1.807, 2.05) is 24.4 Å². The second-order valence-electron chi connectivity index (χ2n) is 7.17. The van der Waals surface area contributed by atoms with Gasteiger partial charge in [-0.3, -0.25) is 4.79 Å². The van der Waals surface area contributed by atoms with Crippen molar-refractivity contribution in [3.8, 4) is 0 Å². The SMILES string of the molecule is O=C(CCc1ccccc1)N[C@H]1CCCc2nc(N3CCOCC3)ncc21. The van der Waals surface area contributed by atoms with Gasteiger partial charge in [-0.05, 0) is 31.2 Å². The minimum atomic E-state index is 0.0239. The zero-order valence-electron chi connectivity index (χ0n) is 15.6. The second-order valence-corrected chi connectivity index (χ2v) is 7.17. The van der Waals surface area contributed by atoms with Gasteiger partial charge in [-0.2, -0.15) is 0 Å². The molecule has 1 aliphatic heterocycles. The molecule has 6 heteroatoms. The first-order chi connectivity index (χ1) is 13.3. The number of aromatic nitrogens is 2. The topological polar surface area (TPSA) is 67.4 Å². The lowest BCUT2D eigenvalue weighted by atomic mass is 9.92. The third-order valence-electron chi connectivity index (χ3n) is 5.28. The van der Waals surface area contributed by atoms with Crippen molar-refractivity contribution < 1.29 is 9.53 Å². The highest BCUT2D eigenvalue weighted by Gasteiger charge is 2.25. The van der Waals surface area contributed by atoms with Crippen LogP contribution in [0, 0.1) is 0 Å². The summed E-state index contributed by atoms with van der Waals surface area (Å²) in [6.45, 7) is 3.11. The molecular formula is C21H26N4O2. The van der Waals surface area contributed by atoms with Crippen molar-refractivity contribution in [2.45, 2.75) is 38.1 Å². The molecule has 0 bridgehead atoms. The van der Waals surface area contributed by atoms with Crippen LogP contribution >= 0.6 is 0 Å². The van der Waals surface area contributed by atoms with E-state index in [2.05, 4.69) is 27.3 Å². The molecule has 0 radical (unpaired) electrons. The minimum absolute atomic E-state index is 0.0239. The molecule has 4 rings (SSSR count). The molecule has 1 fully saturated rings. The quantitative estimate of drug-likeness (QED) is 0.880. The average molecular weight is 366 g/mol. The number of morpholine rings is 1. The largest absolute Gasteiger partial charge is 0.378 e. The molecule has 0 unspecified atom stereocenters. The maximum Gasteiger partial charge on any atom is 0.225 e. The summed E-state index contributed by atoms with van der Waals surface area (Å²) in [6, 6.07) is 10.2. The zero-order valence-corrected chi connectivity index (χ0v) is 15.6. The molecule has 142 valence electrons.